The highest BCUT2D eigenvalue weighted by Gasteiger charge is 2.67. The highest BCUT2D eigenvalue weighted by molar-refractivity contribution is 5.32. The molecule has 6 heteroatoms. The summed E-state index contributed by atoms with van der Waals surface area (Å²) < 4.78 is 17.6. The van der Waals surface area contributed by atoms with Crippen LogP contribution in [0.3, 0.4) is 0 Å². The minimum Gasteiger partial charge on any atom is -0.389 e. The molecule has 0 amide bonds. The maximum absolute atomic E-state index is 12.6. The number of rotatable bonds is 4. The Labute approximate surface area is 234 Å². The van der Waals surface area contributed by atoms with Gasteiger partial charge in [0.25, 0.3) is 0 Å². The van der Waals surface area contributed by atoms with Crippen LogP contribution in [0, 0.1) is 35.5 Å². The van der Waals surface area contributed by atoms with Crippen molar-refractivity contribution in [3.05, 3.63) is 35.4 Å². The molecule has 1 aromatic rings. The predicted molar refractivity (Wildman–Crippen MR) is 149 cm³/mol. The fourth-order valence-electron chi connectivity index (χ4n) is 10.3. The van der Waals surface area contributed by atoms with Crippen molar-refractivity contribution in [2.45, 2.75) is 134 Å². The van der Waals surface area contributed by atoms with Crippen LogP contribution >= 0.6 is 0 Å². The maximum atomic E-state index is 12.6. The fraction of sp³-hybridized carbons (Fsp3) is 0.818. The number of hydrogen-bond acceptors (Lipinski definition) is 6. The summed E-state index contributed by atoms with van der Waals surface area (Å²) >= 11 is 0. The van der Waals surface area contributed by atoms with Gasteiger partial charge in [0.1, 0.15) is 18.3 Å². The van der Waals surface area contributed by atoms with E-state index in [4.69, 9.17) is 14.2 Å². The highest BCUT2D eigenvalue weighted by Crippen LogP contribution is 2.70. The quantitative estimate of drug-likeness (QED) is 0.459. The molecule has 5 fully saturated rings. The molecular weight excluding hydrogens is 492 g/mol. The van der Waals surface area contributed by atoms with Gasteiger partial charge < -0.3 is 29.5 Å². The molecule has 4 aliphatic carbocycles. The van der Waals surface area contributed by atoms with Crippen molar-refractivity contribution in [3.63, 3.8) is 0 Å². The minimum atomic E-state index is -1.01. The molecule has 5 aliphatic rings. The normalized spacial score (nSPS) is 51.6. The summed E-state index contributed by atoms with van der Waals surface area (Å²) in [6.07, 6.45) is 5.62. The number of aliphatic hydroxyl groups excluding tert-OH is 2. The van der Waals surface area contributed by atoms with Crippen LogP contribution in [0.2, 0.25) is 0 Å². The van der Waals surface area contributed by atoms with Gasteiger partial charge in [-0.2, -0.15) is 0 Å². The first-order chi connectivity index (χ1) is 18.5. The molecule has 1 saturated heterocycles. The number of ether oxygens (including phenoxy) is 3. The van der Waals surface area contributed by atoms with Crippen LogP contribution in [0.15, 0.2) is 24.3 Å². The van der Waals surface area contributed by atoms with Gasteiger partial charge in [-0.05, 0) is 106 Å². The summed E-state index contributed by atoms with van der Waals surface area (Å²) in [4.78, 5) is 0. The average Bonchev–Trinajstić information content (AvgIpc) is 3.19. The van der Waals surface area contributed by atoms with E-state index in [1.165, 1.54) is 24.7 Å². The Morgan fingerprint density at radius 2 is 1.74 bits per heavy atom. The Morgan fingerprint density at radius 1 is 0.949 bits per heavy atom. The van der Waals surface area contributed by atoms with E-state index >= 15 is 0 Å². The lowest BCUT2D eigenvalue weighted by Crippen LogP contribution is -2.62. The van der Waals surface area contributed by atoms with Gasteiger partial charge in [-0.1, -0.05) is 43.7 Å². The fourth-order valence-corrected chi connectivity index (χ4v) is 10.3. The second-order valence-electron chi connectivity index (χ2n) is 14.3. The molecule has 4 saturated carbocycles. The van der Waals surface area contributed by atoms with Crippen molar-refractivity contribution >= 4 is 0 Å². The van der Waals surface area contributed by atoms with Gasteiger partial charge in [0, 0.05) is 12.5 Å². The predicted octanol–water partition coefficient (Wildman–Crippen LogP) is 5.10. The molecule has 39 heavy (non-hydrogen) atoms. The van der Waals surface area contributed by atoms with Gasteiger partial charge >= 0.3 is 0 Å². The first kappa shape index (κ1) is 28.1. The van der Waals surface area contributed by atoms with Crippen molar-refractivity contribution in [2.24, 2.45) is 28.6 Å². The third-order valence-corrected chi connectivity index (χ3v) is 12.6. The van der Waals surface area contributed by atoms with E-state index in [1.54, 1.807) is 6.92 Å². The number of methoxy groups -OCH3 is 1. The molecular formula is C33H50O6. The smallest absolute Gasteiger partial charge is 0.186 e. The minimum absolute atomic E-state index is 0.0216. The lowest BCUT2D eigenvalue weighted by atomic mass is 9.43. The number of aryl methyl sites for hydroxylation is 1. The summed E-state index contributed by atoms with van der Waals surface area (Å²) in [5.74, 6) is 1.87. The van der Waals surface area contributed by atoms with Gasteiger partial charge in [0.05, 0.1) is 17.8 Å². The Bertz CT molecular complexity index is 1050. The molecule has 0 radical (unpaired) electrons. The van der Waals surface area contributed by atoms with Crippen LogP contribution in [-0.4, -0.2) is 64.8 Å². The topological polar surface area (TPSA) is 88.4 Å². The average molecular weight is 543 g/mol. The lowest BCUT2D eigenvalue weighted by molar-refractivity contribution is -0.313. The van der Waals surface area contributed by atoms with E-state index in [1.807, 2.05) is 0 Å². The molecule has 0 spiro atoms. The zero-order valence-electron chi connectivity index (χ0n) is 24.5. The van der Waals surface area contributed by atoms with E-state index in [0.29, 0.717) is 23.7 Å². The van der Waals surface area contributed by atoms with Gasteiger partial charge in [-0.3, -0.25) is 0 Å². The summed E-state index contributed by atoms with van der Waals surface area (Å²) in [6, 6.07) is 8.98. The molecule has 6 rings (SSSR count). The van der Waals surface area contributed by atoms with Crippen LogP contribution in [0.4, 0.5) is 0 Å². The van der Waals surface area contributed by atoms with E-state index in [-0.39, 0.29) is 16.9 Å². The first-order valence-electron chi connectivity index (χ1n) is 15.5. The van der Waals surface area contributed by atoms with Gasteiger partial charge in [0.2, 0.25) is 0 Å². The molecule has 0 bridgehead atoms. The molecule has 1 aliphatic heterocycles. The van der Waals surface area contributed by atoms with Crippen LogP contribution in [0.5, 0.6) is 0 Å². The molecule has 0 aromatic heterocycles. The Kier molecular flexibility index (Phi) is 7.25. The third kappa shape index (κ3) is 4.27. The van der Waals surface area contributed by atoms with Crippen molar-refractivity contribution in [3.8, 4) is 0 Å². The largest absolute Gasteiger partial charge is 0.389 e. The maximum Gasteiger partial charge on any atom is 0.186 e. The molecule has 1 heterocycles. The summed E-state index contributed by atoms with van der Waals surface area (Å²) in [7, 11) is 1.51. The van der Waals surface area contributed by atoms with Gasteiger partial charge in [-0.25, -0.2) is 0 Å². The van der Waals surface area contributed by atoms with E-state index in [0.717, 1.165) is 51.4 Å². The monoisotopic (exact) mass is 542 g/mol. The Morgan fingerprint density at radius 3 is 2.49 bits per heavy atom. The Balaban J connectivity index is 1.17. The highest BCUT2D eigenvalue weighted by atomic mass is 16.7. The van der Waals surface area contributed by atoms with Crippen molar-refractivity contribution in [1.29, 1.82) is 0 Å². The molecule has 0 unspecified atom stereocenters. The molecule has 218 valence electrons. The zero-order valence-corrected chi connectivity index (χ0v) is 24.5. The number of benzene rings is 1. The first-order valence-corrected chi connectivity index (χ1v) is 15.5. The van der Waals surface area contributed by atoms with Gasteiger partial charge in [-0.15, -0.1) is 0 Å². The second-order valence-corrected chi connectivity index (χ2v) is 14.3. The SMILES string of the molecule is CO[C@H]1[C@H](O)[C@H](O[C@H]2CC[C@@]3(C)[C@H](CC[C@@H]4[C@@H]3CC[C@]3(C)[C@@H](c5cccc(C)c5)CC[C@]43O)C2)O[C@@H](C)[C@@H]1O. The van der Waals surface area contributed by atoms with Crippen molar-refractivity contribution < 1.29 is 29.5 Å². The lowest BCUT2D eigenvalue weighted by Gasteiger charge is -2.64. The molecule has 1 aromatic carbocycles. The number of hydrogen-bond donors (Lipinski definition) is 3. The molecule has 6 nitrogen and oxygen atoms in total. The molecule has 3 N–H and O–H groups in total. The number of fused-ring (bicyclic) bond motifs is 5. The van der Waals surface area contributed by atoms with Crippen molar-refractivity contribution in [1.82, 2.24) is 0 Å². The van der Waals surface area contributed by atoms with E-state index in [2.05, 4.69) is 45.0 Å². The summed E-state index contributed by atoms with van der Waals surface area (Å²) in [5.41, 5.74) is 2.25. The van der Waals surface area contributed by atoms with Crippen LogP contribution in [0.25, 0.3) is 0 Å². The standard InChI is InChI=1S/C33H50O6/c1-19-7-6-8-21(17-19)24-13-16-33(36)26-10-9-22-18-23(11-14-31(22,3)25(26)12-15-32(24,33)4)39-30-28(35)29(37-5)27(34)20(2)38-30/h6-8,17,20,22-30,34-36H,9-16,18H2,1-5H3/t20-,22+,23-,24+,25-,26+,27-,28-,29+,30-,31-,32+,33-/m0/s1. The zero-order chi connectivity index (χ0) is 27.7. The van der Waals surface area contributed by atoms with Gasteiger partial charge in [0.15, 0.2) is 6.29 Å². The Hall–Kier alpha value is -1.02. The molecule has 13 atom stereocenters. The number of aliphatic hydroxyl groups is 3. The van der Waals surface area contributed by atoms with Crippen LogP contribution in [0.1, 0.15) is 95.6 Å². The van der Waals surface area contributed by atoms with Crippen molar-refractivity contribution in [2.75, 3.05) is 7.11 Å². The second kappa shape index (κ2) is 10.1. The van der Waals surface area contributed by atoms with E-state index in [9.17, 15) is 15.3 Å². The third-order valence-electron chi connectivity index (χ3n) is 12.6. The van der Waals surface area contributed by atoms with Crippen LogP contribution in [-0.2, 0) is 14.2 Å². The summed E-state index contributed by atoms with van der Waals surface area (Å²) in [6.45, 7) is 8.86. The summed E-state index contributed by atoms with van der Waals surface area (Å²) in [5, 5.41) is 33.7. The van der Waals surface area contributed by atoms with Crippen LogP contribution < -0.4 is 0 Å². The van der Waals surface area contributed by atoms with E-state index < -0.39 is 36.3 Å².